The van der Waals surface area contributed by atoms with E-state index in [1.54, 1.807) is 42.5 Å². The van der Waals surface area contributed by atoms with Crippen LogP contribution in [0.25, 0.3) is 6.08 Å². The molecule has 1 unspecified atom stereocenters. The van der Waals surface area contributed by atoms with Gasteiger partial charge in [-0.15, -0.1) is 0 Å². The second kappa shape index (κ2) is 9.62. The molecule has 0 fully saturated rings. The van der Waals surface area contributed by atoms with Crippen molar-refractivity contribution in [3.63, 3.8) is 0 Å². The Morgan fingerprint density at radius 2 is 1.78 bits per heavy atom. The van der Waals surface area contributed by atoms with Crippen molar-refractivity contribution in [2.24, 2.45) is 0 Å². The summed E-state index contributed by atoms with van der Waals surface area (Å²) in [6.45, 7) is 1.73. The van der Waals surface area contributed by atoms with E-state index in [9.17, 15) is 9.59 Å². The molecule has 0 bridgehead atoms. The topological polar surface area (TPSA) is 80.3 Å². The summed E-state index contributed by atoms with van der Waals surface area (Å²) < 4.78 is 28.0. The van der Waals surface area contributed by atoms with E-state index in [2.05, 4.69) is 0 Å². The summed E-state index contributed by atoms with van der Waals surface area (Å²) in [4.78, 5) is 25.5. The lowest BCUT2D eigenvalue weighted by molar-refractivity contribution is 0.0920. The summed E-state index contributed by atoms with van der Waals surface area (Å²) in [7, 11) is 3.04. The number of Topliss-reactive ketones (excluding diaryl/α,β-unsaturated/α-hetero) is 2. The first kappa shape index (κ1) is 23.2. The lowest BCUT2D eigenvalue weighted by Crippen LogP contribution is -2.18. The number of rotatable bonds is 7. The summed E-state index contributed by atoms with van der Waals surface area (Å²) in [6.07, 6.45) is 3.48. The molecule has 0 saturated carbocycles. The Morgan fingerprint density at radius 1 is 0.972 bits per heavy atom. The first-order valence-electron chi connectivity index (χ1n) is 11.4. The molecule has 0 N–H and O–H groups in total. The van der Waals surface area contributed by atoms with Gasteiger partial charge in [-0.05, 0) is 61.0 Å². The van der Waals surface area contributed by atoms with Crippen molar-refractivity contribution in [1.82, 2.24) is 0 Å². The number of carbonyl (C=O) groups excluding carboxylic acids is 2. The van der Waals surface area contributed by atoms with E-state index < -0.39 is 0 Å². The van der Waals surface area contributed by atoms with Gasteiger partial charge in [-0.1, -0.05) is 18.2 Å². The number of methoxy groups -OCH3 is 2. The van der Waals surface area contributed by atoms with Gasteiger partial charge in [0.2, 0.25) is 5.78 Å². The zero-order valence-corrected chi connectivity index (χ0v) is 20.1. The lowest BCUT2D eigenvalue weighted by Gasteiger charge is -2.22. The summed E-state index contributed by atoms with van der Waals surface area (Å²) in [5.41, 5.74) is 2.65. The molecular weight excluding hydrogens is 460 g/mol. The molecule has 2 aliphatic rings. The van der Waals surface area contributed by atoms with Crippen LogP contribution in [0.2, 0.25) is 0 Å². The van der Waals surface area contributed by atoms with Gasteiger partial charge in [-0.2, -0.15) is 0 Å². The number of hydrogen-bond donors (Lipinski definition) is 0. The van der Waals surface area contributed by atoms with Crippen molar-refractivity contribution in [3.8, 4) is 28.7 Å². The zero-order chi connectivity index (χ0) is 25.2. The molecule has 7 nitrogen and oxygen atoms in total. The summed E-state index contributed by atoms with van der Waals surface area (Å²) in [5, 5.41) is 0. The van der Waals surface area contributed by atoms with E-state index in [1.807, 2.05) is 37.3 Å². The van der Waals surface area contributed by atoms with Gasteiger partial charge in [-0.3, -0.25) is 9.59 Å². The van der Waals surface area contributed by atoms with Gasteiger partial charge < -0.3 is 23.7 Å². The first-order valence-corrected chi connectivity index (χ1v) is 11.4. The molecule has 0 aliphatic carbocycles. The smallest absolute Gasteiger partial charge is 0.231 e. The van der Waals surface area contributed by atoms with Crippen LogP contribution >= 0.6 is 0 Å². The second-order valence-electron chi connectivity index (χ2n) is 8.32. The Kier molecular flexibility index (Phi) is 6.21. The van der Waals surface area contributed by atoms with Crippen molar-refractivity contribution < 1.29 is 33.3 Å². The Bertz CT molecular complexity index is 1420. The van der Waals surface area contributed by atoms with Crippen LogP contribution < -0.4 is 23.7 Å². The quantitative estimate of drug-likeness (QED) is 0.333. The van der Waals surface area contributed by atoms with Gasteiger partial charge in [0.05, 0.1) is 19.8 Å². The number of hydrogen-bond acceptors (Lipinski definition) is 7. The Balaban J connectivity index is 1.30. The van der Waals surface area contributed by atoms with Gasteiger partial charge in [0.25, 0.3) is 0 Å². The van der Waals surface area contributed by atoms with Crippen LogP contribution in [0.4, 0.5) is 0 Å². The number of carbonyl (C=O) groups is 2. The van der Waals surface area contributed by atoms with Crippen LogP contribution in [-0.4, -0.2) is 38.5 Å². The maximum absolute atomic E-state index is 12.9. The van der Waals surface area contributed by atoms with Crippen molar-refractivity contribution in [3.05, 3.63) is 94.8 Å². The third-order valence-electron chi connectivity index (χ3n) is 6.03. The fourth-order valence-corrected chi connectivity index (χ4v) is 4.07. The maximum atomic E-state index is 12.9. The summed E-state index contributed by atoms with van der Waals surface area (Å²) in [6, 6.07) is 17.5. The molecule has 0 radical (unpaired) electrons. The highest BCUT2D eigenvalue weighted by Gasteiger charge is 2.29. The Labute approximate surface area is 208 Å². The SMILES string of the molecule is COc1ccc(C(=O)COc2ccc3c(c2)O/C(=C\C2=Cc4ccccc4OC2C)C3=O)cc1OC. The van der Waals surface area contributed by atoms with Gasteiger partial charge >= 0.3 is 0 Å². The van der Waals surface area contributed by atoms with E-state index in [4.69, 9.17) is 23.7 Å². The Morgan fingerprint density at radius 3 is 2.58 bits per heavy atom. The average molecular weight is 485 g/mol. The predicted molar refractivity (Wildman–Crippen MR) is 133 cm³/mol. The number of ether oxygens (including phenoxy) is 5. The molecule has 0 saturated heterocycles. The van der Waals surface area contributed by atoms with Crippen LogP contribution in [0, 0.1) is 0 Å². The minimum absolute atomic E-state index is 0.188. The normalized spacial score (nSPS) is 16.9. The van der Waals surface area contributed by atoms with E-state index >= 15 is 0 Å². The molecular formula is C29H24O7. The molecule has 2 heterocycles. The third kappa shape index (κ3) is 4.43. The highest BCUT2D eigenvalue weighted by atomic mass is 16.5. The van der Waals surface area contributed by atoms with E-state index in [0.717, 1.165) is 16.9 Å². The Hall–Kier alpha value is -4.52. The largest absolute Gasteiger partial charge is 0.493 e. The molecule has 182 valence electrons. The highest BCUT2D eigenvalue weighted by molar-refractivity contribution is 6.12. The number of allylic oxidation sites excluding steroid dienone is 1. The van der Waals surface area contributed by atoms with Crippen molar-refractivity contribution in [2.75, 3.05) is 20.8 Å². The van der Waals surface area contributed by atoms with Crippen LogP contribution in [-0.2, 0) is 0 Å². The van der Waals surface area contributed by atoms with Crippen LogP contribution in [0.15, 0.2) is 78.1 Å². The fourth-order valence-electron chi connectivity index (χ4n) is 4.07. The lowest BCUT2D eigenvalue weighted by atomic mass is 10.0. The first-order chi connectivity index (χ1) is 17.5. The monoisotopic (exact) mass is 484 g/mol. The zero-order valence-electron chi connectivity index (χ0n) is 20.1. The molecule has 0 aromatic heterocycles. The van der Waals surface area contributed by atoms with Crippen LogP contribution in [0.3, 0.4) is 0 Å². The standard InChI is InChI=1S/C29H24O7/c1-17-20(12-19-6-4-5-7-24(19)35-17)14-28-29(31)22-10-9-21(15-26(22)36-28)34-16-23(30)18-8-11-25(32-2)27(13-18)33-3/h4-15,17H,16H2,1-3H3/b28-14-. The van der Waals surface area contributed by atoms with Crippen molar-refractivity contribution in [1.29, 1.82) is 0 Å². The second-order valence-corrected chi connectivity index (χ2v) is 8.32. The minimum atomic E-state index is -0.229. The molecule has 5 rings (SSSR count). The molecule has 7 heteroatoms. The fraction of sp³-hybridized carbons (Fsp3) is 0.172. The van der Waals surface area contributed by atoms with E-state index in [1.165, 1.54) is 14.2 Å². The van der Waals surface area contributed by atoms with Gasteiger partial charge in [0.1, 0.15) is 23.4 Å². The maximum Gasteiger partial charge on any atom is 0.231 e. The summed E-state index contributed by atoms with van der Waals surface area (Å²) in [5.74, 6) is 2.37. The van der Waals surface area contributed by atoms with Gasteiger partial charge in [0.15, 0.2) is 29.6 Å². The molecule has 2 aliphatic heterocycles. The molecule has 0 amide bonds. The minimum Gasteiger partial charge on any atom is -0.493 e. The number of para-hydroxylation sites is 1. The number of ketones is 2. The van der Waals surface area contributed by atoms with Crippen LogP contribution in [0.1, 0.15) is 33.2 Å². The number of benzene rings is 3. The highest BCUT2D eigenvalue weighted by Crippen LogP contribution is 2.36. The molecule has 3 aromatic carbocycles. The van der Waals surface area contributed by atoms with E-state index in [0.29, 0.717) is 34.1 Å². The molecule has 1 atom stereocenters. The van der Waals surface area contributed by atoms with Crippen molar-refractivity contribution in [2.45, 2.75) is 13.0 Å². The number of fused-ring (bicyclic) bond motifs is 2. The molecule has 0 spiro atoms. The molecule has 36 heavy (non-hydrogen) atoms. The average Bonchev–Trinajstić information content (AvgIpc) is 3.21. The van der Waals surface area contributed by atoms with Crippen molar-refractivity contribution >= 4 is 17.6 Å². The van der Waals surface area contributed by atoms with Gasteiger partial charge in [-0.25, -0.2) is 0 Å². The van der Waals surface area contributed by atoms with Crippen LogP contribution in [0.5, 0.6) is 28.7 Å². The molecule has 3 aromatic rings. The van der Waals surface area contributed by atoms with E-state index in [-0.39, 0.29) is 30.0 Å². The predicted octanol–water partition coefficient (Wildman–Crippen LogP) is 5.29. The van der Waals surface area contributed by atoms with Gasteiger partial charge in [0, 0.05) is 17.2 Å². The third-order valence-corrected chi connectivity index (χ3v) is 6.03. The summed E-state index contributed by atoms with van der Waals surface area (Å²) >= 11 is 0.